The van der Waals surface area contributed by atoms with Crippen molar-refractivity contribution in [2.75, 3.05) is 13.2 Å². The van der Waals surface area contributed by atoms with E-state index in [0.717, 1.165) is 25.5 Å². The molecule has 0 bridgehead atoms. The Morgan fingerprint density at radius 1 is 1.29 bits per heavy atom. The van der Waals surface area contributed by atoms with Crippen LogP contribution in [0.1, 0.15) is 38.3 Å². The Morgan fingerprint density at radius 3 is 2.67 bits per heavy atom. The van der Waals surface area contributed by atoms with Crippen molar-refractivity contribution in [3.63, 3.8) is 0 Å². The highest BCUT2D eigenvalue weighted by Gasteiger charge is 2.59. The van der Waals surface area contributed by atoms with Gasteiger partial charge in [-0.1, -0.05) is 43.7 Å². The molecule has 2 fully saturated rings. The lowest BCUT2D eigenvalue weighted by Gasteiger charge is -2.54. The van der Waals surface area contributed by atoms with Crippen LogP contribution < -0.4 is 10.6 Å². The molecule has 3 unspecified atom stereocenters. The molecule has 1 aromatic rings. The van der Waals surface area contributed by atoms with Crippen molar-refractivity contribution in [2.24, 2.45) is 16.3 Å². The maximum Gasteiger partial charge on any atom is 0.191 e. The van der Waals surface area contributed by atoms with Gasteiger partial charge in [0.1, 0.15) is 0 Å². The van der Waals surface area contributed by atoms with E-state index in [-0.39, 0.29) is 29.4 Å². The van der Waals surface area contributed by atoms with Gasteiger partial charge >= 0.3 is 0 Å². The largest absolute Gasteiger partial charge is 0.377 e. The number of hydrogen-bond acceptors (Lipinski definition) is 2. The molecule has 134 valence electrons. The summed E-state index contributed by atoms with van der Waals surface area (Å²) in [5.41, 5.74) is 2.69. The third-order valence-corrected chi connectivity index (χ3v) is 5.28. The Morgan fingerprint density at radius 2 is 2.00 bits per heavy atom. The number of hydrogen-bond donors (Lipinski definition) is 2. The number of aliphatic imine (C=N–C) groups is 1. The molecule has 1 saturated carbocycles. The van der Waals surface area contributed by atoms with Gasteiger partial charge in [-0.05, 0) is 25.8 Å². The highest BCUT2D eigenvalue weighted by atomic mass is 127. The van der Waals surface area contributed by atoms with Crippen LogP contribution in [0.3, 0.4) is 0 Å². The molecule has 1 heterocycles. The number of fused-ring (bicyclic) bond motifs is 1. The minimum absolute atomic E-state index is 0. The van der Waals surface area contributed by atoms with Crippen molar-refractivity contribution >= 4 is 29.9 Å². The van der Waals surface area contributed by atoms with Crippen molar-refractivity contribution < 1.29 is 4.74 Å². The van der Waals surface area contributed by atoms with E-state index in [1.807, 2.05) is 0 Å². The molecule has 3 atom stereocenters. The van der Waals surface area contributed by atoms with Gasteiger partial charge in [0.25, 0.3) is 0 Å². The maximum absolute atomic E-state index is 5.88. The monoisotopic (exact) mass is 443 g/mol. The lowest BCUT2D eigenvalue weighted by Crippen LogP contribution is -2.67. The van der Waals surface area contributed by atoms with E-state index < -0.39 is 0 Å². The number of nitrogens with zero attached hydrogens (tertiary/aromatic N) is 1. The number of ether oxygens (including phenoxy) is 1. The van der Waals surface area contributed by atoms with Crippen molar-refractivity contribution in [1.82, 2.24) is 10.6 Å². The first kappa shape index (κ1) is 19.5. The number of aryl methyl sites for hydroxylation is 1. The fourth-order valence-electron chi connectivity index (χ4n) is 3.95. The van der Waals surface area contributed by atoms with Crippen molar-refractivity contribution in [3.8, 4) is 0 Å². The van der Waals surface area contributed by atoms with Gasteiger partial charge in [-0.15, -0.1) is 24.0 Å². The molecule has 1 aliphatic heterocycles. The fraction of sp³-hybridized carbons (Fsp3) is 0.632. The van der Waals surface area contributed by atoms with Gasteiger partial charge in [0.05, 0.1) is 12.6 Å². The molecule has 0 aromatic heterocycles. The Kier molecular flexibility index (Phi) is 6.53. The van der Waals surface area contributed by atoms with E-state index in [1.165, 1.54) is 11.1 Å². The summed E-state index contributed by atoms with van der Waals surface area (Å²) in [5, 5.41) is 7.04. The molecule has 24 heavy (non-hydrogen) atoms. The summed E-state index contributed by atoms with van der Waals surface area (Å²) >= 11 is 0. The molecule has 2 N–H and O–H groups in total. The van der Waals surface area contributed by atoms with Gasteiger partial charge in [0.15, 0.2) is 5.96 Å². The number of nitrogens with one attached hydrogen (secondary N) is 2. The van der Waals surface area contributed by atoms with Crippen LogP contribution in [0, 0.1) is 18.3 Å². The predicted octanol–water partition coefficient (Wildman–Crippen LogP) is 3.48. The molecular formula is C19H30IN3O. The molecular weight excluding hydrogens is 413 g/mol. The van der Waals surface area contributed by atoms with Crippen LogP contribution >= 0.6 is 24.0 Å². The average molecular weight is 443 g/mol. The van der Waals surface area contributed by atoms with E-state index >= 15 is 0 Å². The SMILES string of the molecule is CCNC(=NCc1ccc(C)cc1)NC1C2CCOC2C1(C)C.I. The lowest BCUT2D eigenvalue weighted by atomic mass is 9.57. The van der Waals surface area contributed by atoms with Crippen molar-refractivity contribution in [1.29, 1.82) is 0 Å². The third-order valence-electron chi connectivity index (χ3n) is 5.28. The van der Waals surface area contributed by atoms with Crippen LogP contribution in [-0.4, -0.2) is 31.3 Å². The van der Waals surface area contributed by atoms with Crippen LogP contribution in [0.2, 0.25) is 0 Å². The lowest BCUT2D eigenvalue weighted by molar-refractivity contribution is -0.106. The molecule has 4 nitrogen and oxygen atoms in total. The summed E-state index contributed by atoms with van der Waals surface area (Å²) in [7, 11) is 0. The zero-order valence-electron chi connectivity index (χ0n) is 15.1. The molecule has 0 amide bonds. The average Bonchev–Trinajstić information content (AvgIpc) is 2.98. The van der Waals surface area contributed by atoms with Gasteiger partial charge in [-0.25, -0.2) is 4.99 Å². The molecule has 1 aromatic carbocycles. The smallest absolute Gasteiger partial charge is 0.191 e. The number of halogens is 1. The van der Waals surface area contributed by atoms with Crippen LogP contribution in [0.5, 0.6) is 0 Å². The van der Waals surface area contributed by atoms with Gasteiger partial charge in [0.2, 0.25) is 0 Å². The van der Waals surface area contributed by atoms with Crippen molar-refractivity contribution in [2.45, 2.75) is 52.8 Å². The van der Waals surface area contributed by atoms with Crippen LogP contribution in [0.25, 0.3) is 0 Å². The Balaban J connectivity index is 0.00000208. The third kappa shape index (κ3) is 3.87. The standard InChI is InChI=1S/C19H29N3O.HI/c1-5-20-18(21-12-14-8-6-13(2)7-9-14)22-16-15-10-11-23-17(15)19(16,3)4;/h6-9,15-17H,5,10-12H2,1-4H3,(H2,20,21,22);1H. The van der Waals surface area contributed by atoms with Crippen LogP contribution in [0.4, 0.5) is 0 Å². The maximum atomic E-state index is 5.88. The molecule has 0 spiro atoms. The summed E-state index contributed by atoms with van der Waals surface area (Å²) in [4.78, 5) is 4.77. The van der Waals surface area contributed by atoms with Gasteiger partial charge in [0, 0.05) is 30.5 Å². The van der Waals surface area contributed by atoms with Gasteiger partial charge in [-0.2, -0.15) is 0 Å². The summed E-state index contributed by atoms with van der Waals surface area (Å²) in [5.74, 6) is 1.53. The van der Waals surface area contributed by atoms with E-state index in [2.05, 4.69) is 62.6 Å². The highest BCUT2D eigenvalue weighted by Crippen LogP contribution is 2.52. The molecule has 3 rings (SSSR count). The molecule has 5 heteroatoms. The first-order chi connectivity index (χ1) is 11.0. The fourth-order valence-corrected chi connectivity index (χ4v) is 3.95. The molecule has 0 radical (unpaired) electrons. The topological polar surface area (TPSA) is 45.7 Å². The second-order valence-electron chi connectivity index (χ2n) is 7.37. The first-order valence-corrected chi connectivity index (χ1v) is 8.74. The minimum Gasteiger partial charge on any atom is -0.377 e. The van der Waals surface area contributed by atoms with E-state index in [0.29, 0.717) is 24.6 Å². The number of guanidine groups is 1. The second kappa shape index (κ2) is 8.04. The van der Waals surface area contributed by atoms with E-state index in [4.69, 9.17) is 9.73 Å². The van der Waals surface area contributed by atoms with E-state index in [9.17, 15) is 0 Å². The quantitative estimate of drug-likeness (QED) is 0.426. The normalized spacial score (nSPS) is 27.7. The zero-order chi connectivity index (χ0) is 16.4. The Hall–Kier alpha value is -0.820. The highest BCUT2D eigenvalue weighted by molar-refractivity contribution is 14.0. The van der Waals surface area contributed by atoms with E-state index in [1.54, 1.807) is 0 Å². The first-order valence-electron chi connectivity index (χ1n) is 8.74. The molecule has 1 saturated heterocycles. The molecule has 1 aliphatic carbocycles. The zero-order valence-corrected chi connectivity index (χ0v) is 17.5. The van der Waals surface area contributed by atoms with Crippen LogP contribution in [0.15, 0.2) is 29.3 Å². The van der Waals surface area contributed by atoms with Crippen LogP contribution in [-0.2, 0) is 11.3 Å². The number of rotatable bonds is 4. The number of benzene rings is 1. The van der Waals surface area contributed by atoms with Gasteiger partial charge in [-0.3, -0.25) is 0 Å². The second-order valence-corrected chi connectivity index (χ2v) is 7.37. The summed E-state index contributed by atoms with van der Waals surface area (Å²) in [6.07, 6.45) is 1.56. The summed E-state index contributed by atoms with van der Waals surface area (Å²) in [6, 6.07) is 9.01. The minimum atomic E-state index is 0. The van der Waals surface area contributed by atoms with Crippen molar-refractivity contribution in [3.05, 3.63) is 35.4 Å². The predicted molar refractivity (Wildman–Crippen MR) is 110 cm³/mol. The Bertz CT molecular complexity index is 570. The molecule has 2 aliphatic rings. The van der Waals surface area contributed by atoms with Gasteiger partial charge < -0.3 is 15.4 Å². The summed E-state index contributed by atoms with van der Waals surface area (Å²) < 4.78 is 5.88. The Labute approximate surface area is 162 Å². The summed E-state index contributed by atoms with van der Waals surface area (Å²) in [6.45, 7) is 11.3.